The first-order valence-corrected chi connectivity index (χ1v) is 13.6. The summed E-state index contributed by atoms with van der Waals surface area (Å²) >= 11 is 11.0. The molecule has 0 unspecified atom stereocenters. The molecule has 2 amide bonds. The number of thioether (sulfide) groups is 1. The second-order valence-corrected chi connectivity index (χ2v) is 10.9. The van der Waals surface area contributed by atoms with Crippen LogP contribution in [0.15, 0.2) is 64.7 Å². The van der Waals surface area contributed by atoms with Crippen molar-refractivity contribution in [1.29, 1.82) is 0 Å². The van der Waals surface area contributed by atoms with Crippen LogP contribution in [0.1, 0.15) is 48.1 Å². The number of amides is 2. The molecule has 1 heterocycles. The Morgan fingerprint density at radius 3 is 2.64 bits per heavy atom. The summed E-state index contributed by atoms with van der Waals surface area (Å²) in [5.41, 5.74) is 2.16. The molecule has 1 aromatic heterocycles. The number of carbonyl (C=O) groups is 2. The van der Waals surface area contributed by atoms with Crippen LogP contribution < -0.4 is 10.6 Å². The summed E-state index contributed by atoms with van der Waals surface area (Å²) in [5, 5.41) is 15.7. The van der Waals surface area contributed by atoms with Crippen LogP contribution in [-0.2, 0) is 11.3 Å². The highest BCUT2D eigenvalue weighted by Gasteiger charge is 2.25. The molecule has 10 heteroatoms. The number of halogens is 2. The van der Waals surface area contributed by atoms with Gasteiger partial charge in [0, 0.05) is 16.7 Å². The van der Waals surface area contributed by atoms with E-state index in [1.165, 1.54) is 11.8 Å². The average Bonchev–Trinajstić information content (AvgIpc) is 3.22. The normalized spacial score (nSPS) is 11.8. The molecular formula is C26H29BrClN5O2S. The summed E-state index contributed by atoms with van der Waals surface area (Å²) < 4.78 is 2.87. The molecule has 1 atom stereocenters. The lowest BCUT2D eigenvalue weighted by atomic mass is 10.0. The fourth-order valence-corrected chi connectivity index (χ4v) is 4.82. The third-order valence-electron chi connectivity index (χ3n) is 5.27. The van der Waals surface area contributed by atoms with E-state index in [1.54, 1.807) is 30.3 Å². The number of benzene rings is 2. The minimum Gasteiger partial charge on any atom is -0.342 e. The maximum atomic E-state index is 13.0. The van der Waals surface area contributed by atoms with Crippen molar-refractivity contribution in [2.75, 3.05) is 11.1 Å². The molecule has 0 aliphatic heterocycles. The van der Waals surface area contributed by atoms with Gasteiger partial charge >= 0.3 is 0 Å². The van der Waals surface area contributed by atoms with Crippen LogP contribution in [0.2, 0.25) is 5.02 Å². The number of carbonyl (C=O) groups excluding carboxylic acids is 2. The van der Waals surface area contributed by atoms with Crippen LogP contribution in [0, 0.1) is 12.8 Å². The van der Waals surface area contributed by atoms with Gasteiger partial charge in [-0.05, 0) is 55.2 Å². The van der Waals surface area contributed by atoms with Crippen molar-refractivity contribution in [3.05, 3.63) is 81.6 Å². The Kier molecular flexibility index (Phi) is 10.2. The number of hydrogen-bond acceptors (Lipinski definition) is 5. The number of aromatic nitrogens is 3. The molecule has 3 aromatic rings. The monoisotopic (exact) mass is 589 g/mol. The Bertz CT molecular complexity index is 1250. The molecule has 2 N–H and O–H groups in total. The van der Waals surface area contributed by atoms with E-state index < -0.39 is 6.04 Å². The quantitative estimate of drug-likeness (QED) is 0.198. The SMILES string of the molecule is C=CCn1c(SCC(=O)Nc2ccc(Br)c(C)c2)nnc1[C@@H](CC(C)C)NC(=O)c1ccccc1Cl. The average molecular weight is 591 g/mol. The van der Waals surface area contributed by atoms with Gasteiger partial charge in [0.2, 0.25) is 5.91 Å². The Morgan fingerprint density at radius 1 is 1.22 bits per heavy atom. The van der Waals surface area contributed by atoms with Gasteiger partial charge in [-0.2, -0.15) is 0 Å². The van der Waals surface area contributed by atoms with E-state index in [0.717, 1.165) is 15.7 Å². The molecule has 0 saturated carbocycles. The lowest BCUT2D eigenvalue weighted by molar-refractivity contribution is -0.113. The zero-order valence-corrected chi connectivity index (χ0v) is 23.6. The topological polar surface area (TPSA) is 88.9 Å². The van der Waals surface area contributed by atoms with Crippen molar-refractivity contribution in [3.8, 4) is 0 Å². The summed E-state index contributed by atoms with van der Waals surface area (Å²) in [5.74, 6) is 0.618. The van der Waals surface area contributed by atoms with Crippen molar-refractivity contribution in [3.63, 3.8) is 0 Å². The Hall–Kier alpha value is -2.62. The minimum absolute atomic E-state index is 0.151. The Morgan fingerprint density at radius 2 is 1.97 bits per heavy atom. The van der Waals surface area contributed by atoms with E-state index in [0.29, 0.717) is 34.5 Å². The molecule has 190 valence electrons. The van der Waals surface area contributed by atoms with Gasteiger partial charge < -0.3 is 15.2 Å². The van der Waals surface area contributed by atoms with Crippen LogP contribution in [0.25, 0.3) is 0 Å². The first-order valence-electron chi connectivity index (χ1n) is 11.5. The van der Waals surface area contributed by atoms with Crippen LogP contribution in [-0.4, -0.2) is 32.3 Å². The van der Waals surface area contributed by atoms with Gasteiger partial charge in [0.25, 0.3) is 5.91 Å². The predicted octanol–water partition coefficient (Wildman–Crippen LogP) is 6.44. The van der Waals surface area contributed by atoms with E-state index in [9.17, 15) is 9.59 Å². The molecule has 0 aliphatic rings. The van der Waals surface area contributed by atoms with E-state index in [4.69, 9.17) is 11.6 Å². The van der Waals surface area contributed by atoms with Crippen LogP contribution in [0.3, 0.4) is 0 Å². The van der Waals surface area contributed by atoms with E-state index in [-0.39, 0.29) is 23.5 Å². The number of hydrogen-bond donors (Lipinski definition) is 2. The van der Waals surface area contributed by atoms with Gasteiger partial charge in [0.15, 0.2) is 11.0 Å². The molecule has 0 fully saturated rings. The first-order chi connectivity index (χ1) is 17.2. The maximum absolute atomic E-state index is 13.0. The summed E-state index contributed by atoms with van der Waals surface area (Å²) in [6.45, 7) is 10.4. The Labute approximate surface area is 229 Å². The molecule has 3 rings (SSSR count). The van der Waals surface area contributed by atoms with Gasteiger partial charge in [-0.1, -0.05) is 71.3 Å². The van der Waals surface area contributed by atoms with Crippen molar-refractivity contribution in [1.82, 2.24) is 20.1 Å². The molecule has 0 saturated heterocycles. The molecule has 7 nitrogen and oxygen atoms in total. The largest absolute Gasteiger partial charge is 0.342 e. The summed E-state index contributed by atoms with van der Waals surface area (Å²) in [6.07, 6.45) is 2.39. The van der Waals surface area contributed by atoms with Gasteiger partial charge in [-0.3, -0.25) is 9.59 Å². The highest BCUT2D eigenvalue weighted by atomic mass is 79.9. The molecular weight excluding hydrogens is 562 g/mol. The lowest BCUT2D eigenvalue weighted by Crippen LogP contribution is -2.32. The van der Waals surface area contributed by atoms with Crippen LogP contribution in [0.4, 0.5) is 5.69 Å². The highest BCUT2D eigenvalue weighted by Crippen LogP contribution is 2.27. The molecule has 0 bridgehead atoms. The molecule has 0 spiro atoms. The van der Waals surface area contributed by atoms with Gasteiger partial charge in [0.1, 0.15) is 0 Å². The minimum atomic E-state index is -0.393. The fraction of sp³-hybridized carbons (Fsp3) is 0.308. The third-order valence-corrected chi connectivity index (χ3v) is 7.46. The number of nitrogens with one attached hydrogen (secondary N) is 2. The van der Waals surface area contributed by atoms with Gasteiger partial charge in [-0.25, -0.2) is 0 Å². The number of aryl methyl sites for hydroxylation is 1. The van der Waals surface area contributed by atoms with Crippen LogP contribution >= 0.6 is 39.3 Å². The Balaban J connectivity index is 1.77. The number of rotatable bonds is 11. The first kappa shape index (κ1) is 28.0. The smallest absolute Gasteiger partial charge is 0.253 e. The zero-order chi connectivity index (χ0) is 26.2. The van der Waals surface area contributed by atoms with E-state index in [1.807, 2.05) is 29.7 Å². The summed E-state index contributed by atoms with van der Waals surface area (Å²) in [4.78, 5) is 25.6. The molecule has 2 aromatic carbocycles. The molecule has 0 radical (unpaired) electrons. The third kappa shape index (κ3) is 7.44. The van der Waals surface area contributed by atoms with Crippen molar-refractivity contribution in [2.45, 2.75) is 44.9 Å². The van der Waals surface area contributed by atoms with E-state index >= 15 is 0 Å². The molecule has 36 heavy (non-hydrogen) atoms. The van der Waals surface area contributed by atoms with Crippen molar-refractivity contribution in [2.24, 2.45) is 5.92 Å². The number of allylic oxidation sites excluding steroid dienone is 1. The molecule has 0 aliphatic carbocycles. The number of anilines is 1. The van der Waals surface area contributed by atoms with Crippen molar-refractivity contribution >= 4 is 56.8 Å². The summed E-state index contributed by atoms with van der Waals surface area (Å²) in [7, 11) is 0. The van der Waals surface area contributed by atoms with Crippen molar-refractivity contribution < 1.29 is 9.59 Å². The van der Waals surface area contributed by atoms with E-state index in [2.05, 4.69) is 57.2 Å². The summed E-state index contributed by atoms with van der Waals surface area (Å²) in [6, 6.07) is 12.2. The second-order valence-electron chi connectivity index (χ2n) is 8.68. The fourth-order valence-electron chi connectivity index (χ4n) is 3.60. The van der Waals surface area contributed by atoms with Gasteiger partial charge in [-0.15, -0.1) is 16.8 Å². The maximum Gasteiger partial charge on any atom is 0.253 e. The van der Waals surface area contributed by atoms with Crippen LogP contribution in [0.5, 0.6) is 0 Å². The second kappa shape index (κ2) is 13.1. The number of nitrogens with zero attached hydrogens (tertiary/aromatic N) is 3. The highest BCUT2D eigenvalue weighted by molar-refractivity contribution is 9.10. The lowest BCUT2D eigenvalue weighted by Gasteiger charge is -2.21. The zero-order valence-electron chi connectivity index (χ0n) is 20.4. The predicted molar refractivity (Wildman–Crippen MR) is 150 cm³/mol. The van der Waals surface area contributed by atoms with Gasteiger partial charge in [0.05, 0.1) is 22.4 Å². The standard InChI is InChI=1S/C26H29BrClN5O2S/c1-5-12-33-24(22(13-16(2)3)30-25(35)19-8-6-7-9-21(19)28)31-32-26(33)36-15-23(34)29-18-10-11-20(27)17(4)14-18/h5-11,14,16,22H,1,12-13,15H2,2-4H3,(H,29,34)(H,30,35)/t22-/m1/s1.